The number of rotatable bonds is 3. The van der Waals surface area contributed by atoms with Crippen LogP contribution in [-0.4, -0.2) is 13.9 Å². The molecule has 3 heteroatoms. The Morgan fingerprint density at radius 2 is 2.07 bits per heavy atom. The normalized spacial score (nSPS) is 30.2. The topological polar surface area (TPSA) is 33.0 Å². The molecule has 1 aliphatic carbocycles. The minimum absolute atomic E-state index is 0.180. The van der Waals surface area contributed by atoms with Gasteiger partial charge in [-0.3, -0.25) is 0 Å². The molecule has 0 aliphatic heterocycles. The third-order valence-electron chi connectivity index (χ3n) is 2.44. The molecule has 0 fully saturated rings. The van der Waals surface area contributed by atoms with Crippen LogP contribution in [-0.2, 0) is 4.43 Å². The van der Waals surface area contributed by atoms with Gasteiger partial charge in [0.1, 0.15) is 6.07 Å². The molecule has 2 atom stereocenters. The number of allylic oxidation sites excluding steroid dienone is 2. The monoisotopic (exact) mass is 221 g/mol. The van der Waals surface area contributed by atoms with Crippen molar-refractivity contribution in [2.45, 2.75) is 38.6 Å². The number of nitriles is 1. The molecule has 0 aromatic heterocycles. The van der Waals surface area contributed by atoms with Crippen LogP contribution in [0.4, 0.5) is 0 Å². The second-order valence-electron chi connectivity index (χ2n) is 4.88. The average Bonchev–Trinajstić information content (AvgIpc) is 2.16. The first-order valence-corrected chi connectivity index (χ1v) is 8.82. The van der Waals surface area contributed by atoms with Gasteiger partial charge in [-0.25, -0.2) is 0 Å². The van der Waals surface area contributed by atoms with Crippen molar-refractivity contribution in [2.75, 3.05) is 0 Å². The molecule has 0 heterocycles. The van der Waals surface area contributed by atoms with E-state index in [2.05, 4.69) is 38.7 Å². The minimum atomic E-state index is -1.70. The maximum absolute atomic E-state index is 9.37. The SMILES string of the molecule is CCC1C=CC=CC1(C#N)O[Si](C)(C)C. The molecule has 82 valence electrons. The summed E-state index contributed by atoms with van der Waals surface area (Å²) in [7, 11) is -1.70. The summed E-state index contributed by atoms with van der Waals surface area (Å²) in [6.07, 6.45) is 8.81. The van der Waals surface area contributed by atoms with Crippen molar-refractivity contribution in [2.24, 2.45) is 5.92 Å². The van der Waals surface area contributed by atoms with Crippen LogP contribution in [0.1, 0.15) is 13.3 Å². The molecule has 2 unspecified atom stereocenters. The molecule has 0 aromatic rings. The molecule has 0 saturated carbocycles. The largest absolute Gasteiger partial charge is 0.396 e. The van der Waals surface area contributed by atoms with E-state index in [4.69, 9.17) is 4.43 Å². The smallest absolute Gasteiger partial charge is 0.186 e. The van der Waals surface area contributed by atoms with Crippen molar-refractivity contribution in [1.29, 1.82) is 5.26 Å². The zero-order valence-corrected chi connectivity index (χ0v) is 10.9. The third kappa shape index (κ3) is 2.80. The van der Waals surface area contributed by atoms with Gasteiger partial charge in [-0.1, -0.05) is 25.2 Å². The Hall–Kier alpha value is -0.853. The van der Waals surface area contributed by atoms with Crippen molar-refractivity contribution in [3.63, 3.8) is 0 Å². The lowest BCUT2D eigenvalue weighted by molar-refractivity contribution is 0.120. The number of hydrogen-bond acceptors (Lipinski definition) is 2. The molecule has 0 spiro atoms. The van der Waals surface area contributed by atoms with Crippen molar-refractivity contribution in [3.8, 4) is 6.07 Å². The number of hydrogen-bond donors (Lipinski definition) is 0. The van der Waals surface area contributed by atoms with Crippen molar-refractivity contribution < 1.29 is 4.43 Å². The molecule has 0 saturated heterocycles. The van der Waals surface area contributed by atoms with Crippen LogP contribution in [0.15, 0.2) is 24.3 Å². The fourth-order valence-corrected chi connectivity index (χ4v) is 3.14. The predicted octanol–water partition coefficient (Wildman–Crippen LogP) is 3.25. The minimum Gasteiger partial charge on any atom is -0.396 e. The van der Waals surface area contributed by atoms with Crippen molar-refractivity contribution in [1.82, 2.24) is 0 Å². The Bertz CT molecular complexity index is 321. The van der Waals surface area contributed by atoms with Gasteiger partial charge in [-0.05, 0) is 32.1 Å². The van der Waals surface area contributed by atoms with Crippen molar-refractivity contribution >= 4 is 8.32 Å². The van der Waals surface area contributed by atoms with Crippen molar-refractivity contribution in [3.05, 3.63) is 24.3 Å². The van der Waals surface area contributed by atoms with Gasteiger partial charge in [0.05, 0.1) is 0 Å². The Kier molecular flexibility index (Phi) is 3.53. The summed E-state index contributed by atoms with van der Waals surface area (Å²) in [6.45, 7) is 8.44. The molecular weight excluding hydrogens is 202 g/mol. The van der Waals surface area contributed by atoms with E-state index in [0.717, 1.165) is 6.42 Å². The second kappa shape index (κ2) is 4.34. The molecule has 1 rings (SSSR count). The van der Waals surface area contributed by atoms with Crippen LogP contribution in [0, 0.1) is 17.2 Å². The van der Waals surface area contributed by atoms with E-state index in [1.54, 1.807) is 0 Å². The average molecular weight is 221 g/mol. The highest BCUT2D eigenvalue weighted by Gasteiger charge is 2.40. The first-order chi connectivity index (χ1) is 6.93. The lowest BCUT2D eigenvalue weighted by atomic mass is 9.83. The Balaban J connectivity index is 2.98. The summed E-state index contributed by atoms with van der Waals surface area (Å²) in [5, 5.41) is 9.37. The zero-order chi connectivity index (χ0) is 11.5. The van der Waals surface area contributed by atoms with Gasteiger partial charge in [-0.2, -0.15) is 5.26 Å². The van der Waals surface area contributed by atoms with Crippen LogP contribution in [0.5, 0.6) is 0 Å². The van der Waals surface area contributed by atoms with Crippen LogP contribution in [0.2, 0.25) is 19.6 Å². The van der Waals surface area contributed by atoms with E-state index in [-0.39, 0.29) is 5.92 Å². The van der Waals surface area contributed by atoms with E-state index in [0.29, 0.717) is 0 Å². The summed E-state index contributed by atoms with van der Waals surface area (Å²) in [4.78, 5) is 0. The first kappa shape index (κ1) is 12.2. The molecule has 0 N–H and O–H groups in total. The summed E-state index contributed by atoms with van der Waals surface area (Å²) < 4.78 is 6.06. The fourth-order valence-electron chi connectivity index (χ4n) is 1.86. The molecular formula is C12H19NOSi. The van der Waals surface area contributed by atoms with Gasteiger partial charge in [0, 0.05) is 5.92 Å². The standard InChI is InChI=1S/C12H19NOSi/c1-5-11-8-6-7-9-12(11,10-13)14-15(2,3)4/h6-9,11H,5H2,1-4H3. The Labute approximate surface area is 93.4 Å². The van der Waals surface area contributed by atoms with E-state index >= 15 is 0 Å². The van der Waals surface area contributed by atoms with Crippen LogP contribution in [0.3, 0.4) is 0 Å². The molecule has 0 radical (unpaired) electrons. The van der Waals surface area contributed by atoms with E-state index < -0.39 is 13.9 Å². The van der Waals surface area contributed by atoms with Crippen LogP contribution in [0.25, 0.3) is 0 Å². The Morgan fingerprint density at radius 1 is 1.40 bits per heavy atom. The van der Waals surface area contributed by atoms with Gasteiger partial charge in [0.2, 0.25) is 0 Å². The summed E-state index contributed by atoms with van der Waals surface area (Å²) >= 11 is 0. The maximum Gasteiger partial charge on any atom is 0.186 e. The molecule has 2 nitrogen and oxygen atoms in total. The molecule has 0 aromatic carbocycles. The predicted molar refractivity (Wildman–Crippen MR) is 64.8 cm³/mol. The zero-order valence-electron chi connectivity index (χ0n) is 9.95. The second-order valence-corrected chi connectivity index (χ2v) is 9.31. The highest BCUT2D eigenvalue weighted by molar-refractivity contribution is 6.69. The molecule has 1 aliphatic rings. The quantitative estimate of drug-likeness (QED) is 0.685. The van der Waals surface area contributed by atoms with Crippen LogP contribution < -0.4 is 0 Å². The van der Waals surface area contributed by atoms with E-state index in [1.807, 2.05) is 18.2 Å². The summed E-state index contributed by atoms with van der Waals surface area (Å²) in [6, 6.07) is 2.35. The lowest BCUT2D eigenvalue weighted by Crippen LogP contribution is -2.45. The van der Waals surface area contributed by atoms with Crippen LogP contribution >= 0.6 is 0 Å². The third-order valence-corrected chi connectivity index (χ3v) is 3.39. The van der Waals surface area contributed by atoms with Gasteiger partial charge < -0.3 is 4.43 Å². The lowest BCUT2D eigenvalue weighted by Gasteiger charge is -2.37. The van der Waals surface area contributed by atoms with Gasteiger partial charge in [-0.15, -0.1) is 0 Å². The van der Waals surface area contributed by atoms with Gasteiger partial charge >= 0.3 is 0 Å². The molecule has 0 amide bonds. The fraction of sp³-hybridized carbons (Fsp3) is 0.583. The molecule has 0 bridgehead atoms. The summed E-state index contributed by atoms with van der Waals surface area (Å²) in [5.41, 5.74) is -0.728. The van der Waals surface area contributed by atoms with Gasteiger partial charge in [0.15, 0.2) is 13.9 Å². The Morgan fingerprint density at radius 3 is 2.53 bits per heavy atom. The summed E-state index contributed by atoms with van der Waals surface area (Å²) in [5.74, 6) is 0.180. The first-order valence-electron chi connectivity index (χ1n) is 5.41. The van der Waals surface area contributed by atoms with E-state index in [9.17, 15) is 5.26 Å². The highest BCUT2D eigenvalue weighted by Crippen LogP contribution is 2.33. The highest BCUT2D eigenvalue weighted by atomic mass is 28.4. The maximum atomic E-state index is 9.37. The number of nitrogens with zero attached hydrogens (tertiary/aromatic N) is 1. The van der Waals surface area contributed by atoms with Gasteiger partial charge in [0.25, 0.3) is 0 Å². The molecule has 15 heavy (non-hydrogen) atoms. The van der Waals surface area contributed by atoms with E-state index in [1.165, 1.54) is 0 Å².